The van der Waals surface area contributed by atoms with Crippen LogP contribution in [0.4, 0.5) is 0 Å². The molecule has 0 atom stereocenters. The highest BCUT2D eigenvalue weighted by atomic mass is 35.5. The number of amides is 1. The van der Waals surface area contributed by atoms with Gasteiger partial charge in [-0.05, 0) is 12.8 Å². The van der Waals surface area contributed by atoms with Gasteiger partial charge in [0.05, 0.1) is 11.8 Å². The van der Waals surface area contributed by atoms with E-state index >= 15 is 0 Å². The fraction of sp³-hybridized carbons (Fsp3) is 0.692. The molecule has 5 heteroatoms. The number of rotatable bonds is 4. The first-order valence-corrected chi connectivity index (χ1v) is 7.01. The van der Waals surface area contributed by atoms with Crippen molar-refractivity contribution < 1.29 is 4.79 Å². The first-order chi connectivity index (χ1) is 8.65. The molecule has 0 aliphatic heterocycles. The highest BCUT2D eigenvalue weighted by molar-refractivity contribution is 6.18. The van der Waals surface area contributed by atoms with Crippen LogP contribution in [0.2, 0.25) is 0 Å². The molecule has 1 heterocycles. The Bertz CT molecular complexity index is 410. The summed E-state index contributed by atoms with van der Waals surface area (Å²) in [7, 11) is 1.80. The van der Waals surface area contributed by atoms with Gasteiger partial charge < -0.3 is 5.32 Å². The second-order valence-corrected chi connectivity index (χ2v) is 5.55. The summed E-state index contributed by atoms with van der Waals surface area (Å²) in [6.07, 6.45) is 9.26. The Labute approximate surface area is 113 Å². The van der Waals surface area contributed by atoms with E-state index in [0.717, 1.165) is 12.8 Å². The van der Waals surface area contributed by atoms with E-state index in [1.54, 1.807) is 24.1 Å². The number of nitrogens with zero attached hydrogens (tertiary/aromatic N) is 2. The van der Waals surface area contributed by atoms with Gasteiger partial charge in [0.1, 0.15) is 0 Å². The largest absolute Gasteiger partial charge is 0.351 e. The third-order valence-corrected chi connectivity index (χ3v) is 4.36. The molecule has 0 aromatic carbocycles. The van der Waals surface area contributed by atoms with Crippen LogP contribution >= 0.6 is 11.6 Å². The summed E-state index contributed by atoms with van der Waals surface area (Å²) >= 11 is 6.10. The molecule has 100 valence electrons. The van der Waals surface area contributed by atoms with Crippen molar-refractivity contribution in [1.29, 1.82) is 0 Å². The second-order valence-electron chi connectivity index (χ2n) is 5.28. The van der Waals surface area contributed by atoms with Gasteiger partial charge in [-0.15, -0.1) is 11.6 Å². The summed E-state index contributed by atoms with van der Waals surface area (Å²) in [4.78, 5) is 12.0. The van der Waals surface area contributed by atoms with E-state index in [-0.39, 0.29) is 11.3 Å². The van der Waals surface area contributed by atoms with Gasteiger partial charge in [0.15, 0.2) is 0 Å². The van der Waals surface area contributed by atoms with Crippen LogP contribution in [0.5, 0.6) is 0 Å². The van der Waals surface area contributed by atoms with Crippen LogP contribution in [0.3, 0.4) is 0 Å². The molecular formula is C13H20ClN3O. The summed E-state index contributed by atoms with van der Waals surface area (Å²) in [5.41, 5.74) is 0.704. The molecule has 4 nitrogen and oxygen atoms in total. The number of carbonyl (C=O) groups is 1. The van der Waals surface area contributed by atoms with Crippen molar-refractivity contribution >= 4 is 17.5 Å². The molecule has 1 aliphatic carbocycles. The van der Waals surface area contributed by atoms with Gasteiger partial charge in [-0.2, -0.15) is 5.10 Å². The summed E-state index contributed by atoms with van der Waals surface area (Å²) in [6, 6.07) is 0. The fourth-order valence-corrected chi connectivity index (χ4v) is 2.93. The molecule has 1 aromatic heterocycles. The van der Waals surface area contributed by atoms with E-state index in [1.807, 2.05) is 0 Å². The number of carbonyl (C=O) groups excluding carboxylic acids is 1. The second kappa shape index (κ2) is 5.74. The number of halogens is 1. The molecule has 1 aliphatic rings. The molecule has 1 amide bonds. The van der Waals surface area contributed by atoms with Crippen molar-refractivity contribution in [3.05, 3.63) is 18.0 Å². The zero-order chi connectivity index (χ0) is 13.0. The first-order valence-electron chi connectivity index (χ1n) is 6.48. The van der Waals surface area contributed by atoms with Crippen molar-refractivity contribution in [2.24, 2.45) is 12.5 Å². The molecule has 1 N–H and O–H groups in total. The van der Waals surface area contributed by atoms with Crippen LogP contribution in [0.25, 0.3) is 0 Å². The smallest absolute Gasteiger partial charge is 0.254 e. The third kappa shape index (κ3) is 3.05. The minimum atomic E-state index is -0.0573. The first kappa shape index (κ1) is 13.4. The average molecular weight is 270 g/mol. The molecule has 1 fully saturated rings. The van der Waals surface area contributed by atoms with Crippen molar-refractivity contribution in [1.82, 2.24) is 15.1 Å². The normalized spacial score (nSPS) is 18.6. The lowest BCUT2D eigenvalue weighted by atomic mass is 9.75. The minimum Gasteiger partial charge on any atom is -0.351 e. The molecular weight excluding hydrogens is 250 g/mol. The quantitative estimate of drug-likeness (QED) is 0.853. The fourth-order valence-electron chi connectivity index (χ4n) is 2.57. The van der Waals surface area contributed by atoms with Crippen molar-refractivity contribution in [3.63, 3.8) is 0 Å². The highest BCUT2D eigenvalue weighted by Crippen LogP contribution is 2.36. The van der Waals surface area contributed by atoms with Crippen molar-refractivity contribution in [2.45, 2.75) is 32.1 Å². The van der Waals surface area contributed by atoms with Gasteiger partial charge in [0, 0.05) is 31.1 Å². The lowest BCUT2D eigenvalue weighted by Crippen LogP contribution is -2.40. The van der Waals surface area contributed by atoms with E-state index < -0.39 is 0 Å². The zero-order valence-corrected chi connectivity index (χ0v) is 11.5. The van der Waals surface area contributed by atoms with Gasteiger partial charge in [0.2, 0.25) is 0 Å². The van der Waals surface area contributed by atoms with E-state index in [0.29, 0.717) is 18.0 Å². The van der Waals surface area contributed by atoms with Crippen LogP contribution in [-0.4, -0.2) is 28.1 Å². The van der Waals surface area contributed by atoms with E-state index in [1.165, 1.54) is 19.3 Å². The maximum atomic E-state index is 12.0. The molecule has 0 saturated heterocycles. The van der Waals surface area contributed by atoms with Crippen molar-refractivity contribution in [3.8, 4) is 0 Å². The molecule has 0 radical (unpaired) electrons. The van der Waals surface area contributed by atoms with Crippen LogP contribution < -0.4 is 5.32 Å². The third-order valence-electron chi connectivity index (χ3n) is 3.79. The zero-order valence-electron chi connectivity index (χ0n) is 10.8. The lowest BCUT2D eigenvalue weighted by molar-refractivity contribution is 0.0921. The summed E-state index contributed by atoms with van der Waals surface area (Å²) in [5, 5.41) is 7.00. The molecule has 0 spiro atoms. The van der Waals surface area contributed by atoms with Gasteiger partial charge in [-0.25, -0.2) is 0 Å². The van der Waals surface area contributed by atoms with Gasteiger partial charge in [-0.1, -0.05) is 19.3 Å². The summed E-state index contributed by atoms with van der Waals surface area (Å²) < 4.78 is 1.63. The predicted octanol–water partition coefficient (Wildman–Crippen LogP) is 2.34. The Balaban J connectivity index is 1.91. The van der Waals surface area contributed by atoms with Crippen molar-refractivity contribution in [2.75, 3.05) is 12.4 Å². The van der Waals surface area contributed by atoms with Gasteiger partial charge >= 0.3 is 0 Å². The number of hydrogen-bond donors (Lipinski definition) is 1. The number of hydrogen-bond acceptors (Lipinski definition) is 2. The summed E-state index contributed by atoms with van der Waals surface area (Å²) in [6.45, 7) is 0.671. The van der Waals surface area contributed by atoms with Crippen LogP contribution in [0.1, 0.15) is 42.5 Å². The van der Waals surface area contributed by atoms with Crippen LogP contribution in [-0.2, 0) is 7.05 Å². The standard InChI is InChI=1S/C13H20ClN3O/c1-17-8-11(7-16-17)12(18)15-10-13(9-14)5-3-2-4-6-13/h7-8H,2-6,9-10H2,1H3,(H,15,18). The maximum absolute atomic E-state index is 12.0. The van der Waals surface area contributed by atoms with Crippen LogP contribution in [0, 0.1) is 5.41 Å². The molecule has 2 rings (SSSR count). The monoisotopic (exact) mass is 269 g/mol. The molecule has 18 heavy (non-hydrogen) atoms. The minimum absolute atomic E-state index is 0.0573. The number of alkyl halides is 1. The Hall–Kier alpha value is -1.03. The average Bonchev–Trinajstić information content (AvgIpc) is 2.84. The molecule has 0 unspecified atom stereocenters. The van der Waals surface area contributed by atoms with Gasteiger partial charge in [-0.3, -0.25) is 9.48 Å². The lowest BCUT2D eigenvalue weighted by Gasteiger charge is -2.35. The number of nitrogens with one attached hydrogen (secondary N) is 1. The Kier molecular flexibility index (Phi) is 4.27. The molecule has 0 bridgehead atoms. The topological polar surface area (TPSA) is 46.9 Å². The Morgan fingerprint density at radius 2 is 2.22 bits per heavy atom. The number of aromatic nitrogens is 2. The predicted molar refractivity (Wildman–Crippen MR) is 71.8 cm³/mol. The molecule has 1 aromatic rings. The summed E-state index contributed by atoms with van der Waals surface area (Å²) in [5.74, 6) is 0.568. The van der Waals surface area contributed by atoms with Crippen LogP contribution in [0.15, 0.2) is 12.4 Å². The van der Waals surface area contributed by atoms with E-state index in [2.05, 4.69) is 10.4 Å². The number of aryl methyl sites for hydroxylation is 1. The Morgan fingerprint density at radius 3 is 2.78 bits per heavy atom. The molecule has 1 saturated carbocycles. The van der Waals surface area contributed by atoms with Gasteiger partial charge in [0.25, 0.3) is 5.91 Å². The SMILES string of the molecule is Cn1cc(C(=O)NCC2(CCl)CCCCC2)cn1. The highest BCUT2D eigenvalue weighted by Gasteiger charge is 2.31. The van der Waals surface area contributed by atoms with E-state index in [9.17, 15) is 4.79 Å². The van der Waals surface area contributed by atoms with E-state index in [4.69, 9.17) is 11.6 Å². The Morgan fingerprint density at radius 1 is 1.50 bits per heavy atom. The maximum Gasteiger partial charge on any atom is 0.254 e.